The second-order valence-electron chi connectivity index (χ2n) is 6.02. The van der Waals surface area contributed by atoms with Gasteiger partial charge in [-0.05, 0) is 25.7 Å². The number of hydrogen-bond donors (Lipinski definition) is 0. The maximum absolute atomic E-state index is 12.1. The van der Waals surface area contributed by atoms with Gasteiger partial charge in [0.1, 0.15) is 12.7 Å². The zero-order chi connectivity index (χ0) is 15.6. The molecule has 2 fully saturated rings. The van der Waals surface area contributed by atoms with Crippen LogP contribution in [-0.2, 0) is 20.9 Å². The van der Waals surface area contributed by atoms with Crippen molar-refractivity contribution in [2.24, 2.45) is 5.41 Å². The SMILES string of the molecule is CC(=O)OC1CCC12CCN(C(=O)OCc1cscn1)CC2. The Balaban J connectivity index is 1.47. The fourth-order valence-electron chi connectivity index (χ4n) is 3.30. The second kappa shape index (κ2) is 6.24. The third kappa shape index (κ3) is 3.09. The average Bonchev–Trinajstić information content (AvgIpc) is 3.03. The molecule has 120 valence electrons. The normalized spacial score (nSPS) is 23.0. The van der Waals surface area contributed by atoms with Crippen LogP contribution in [0.3, 0.4) is 0 Å². The molecule has 1 aliphatic heterocycles. The van der Waals surface area contributed by atoms with Gasteiger partial charge in [-0.1, -0.05) is 0 Å². The minimum Gasteiger partial charge on any atom is -0.462 e. The van der Waals surface area contributed by atoms with Crippen molar-refractivity contribution in [2.45, 2.75) is 45.3 Å². The fraction of sp³-hybridized carbons (Fsp3) is 0.667. The van der Waals surface area contributed by atoms with E-state index >= 15 is 0 Å². The molecule has 2 aliphatic rings. The Morgan fingerprint density at radius 3 is 2.73 bits per heavy atom. The predicted octanol–water partition coefficient (Wildman–Crippen LogP) is 2.59. The lowest BCUT2D eigenvalue weighted by atomic mass is 9.61. The summed E-state index contributed by atoms with van der Waals surface area (Å²) in [5.74, 6) is -0.214. The third-order valence-corrected chi connectivity index (χ3v) is 5.38. The first kappa shape index (κ1) is 15.3. The maximum atomic E-state index is 12.1. The monoisotopic (exact) mass is 324 g/mol. The second-order valence-corrected chi connectivity index (χ2v) is 6.74. The van der Waals surface area contributed by atoms with Gasteiger partial charge < -0.3 is 14.4 Å². The molecule has 1 saturated heterocycles. The summed E-state index contributed by atoms with van der Waals surface area (Å²) < 4.78 is 10.7. The van der Waals surface area contributed by atoms with Crippen molar-refractivity contribution in [2.75, 3.05) is 13.1 Å². The van der Waals surface area contributed by atoms with Crippen molar-refractivity contribution in [3.63, 3.8) is 0 Å². The van der Waals surface area contributed by atoms with Crippen molar-refractivity contribution in [1.82, 2.24) is 9.88 Å². The minimum atomic E-state index is -0.286. The topological polar surface area (TPSA) is 68.7 Å². The molecule has 3 rings (SSSR count). The maximum Gasteiger partial charge on any atom is 0.410 e. The number of hydrogen-bond acceptors (Lipinski definition) is 6. The molecular formula is C15H20N2O4S. The van der Waals surface area contributed by atoms with Gasteiger partial charge in [0, 0.05) is 30.8 Å². The van der Waals surface area contributed by atoms with Crippen LogP contribution in [0.15, 0.2) is 10.9 Å². The molecule has 1 saturated carbocycles. The van der Waals surface area contributed by atoms with Gasteiger partial charge >= 0.3 is 12.1 Å². The van der Waals surface area contributed by atoms with E-state index in [1.54, 1.807) is 10.4 Å². The highest BCUT2D eigenvalue weighted by atomic mass is 32.1. The number of amides is 1. The fourth-order valence-corrected chi connectivity index (χ4v) is 3.84. The number of ether oxygens (including phenoxy) is 2. The highest BCUT2D eigenvalue weighted by Gasteiger charge is 2.50. The average molecular weight is 324 g/mol. The Kier molecular flexibility index (Phi) is 4.33. The van der Waals surface area contributed by atoms with Crippen LogP contribution in [0.4, 0.5) is 4.79 Å². The van der Waals surface area contributed by atoms with E-state index in [1.807, 2.05) is 5.38 Å². The molecular weight excluding hydrogens is 304 g/mol. The zero-order valence-corrected chi connectivity index (χ0v) is 13.4. The molecule has 6 nitrogen and oxygen atoms in total. The molecule has 0 radical (unpaired) electrons. The van der Waals surface area contributed by atoms with Crippen molar-refractivity contribution in [1.29, 1.82) is 0 Å². The first-order valence-corrected chi connectivity index (χ1v) is 8.49. The van der Waals surface area contributed by atoms with Gasteiger partial charge in [0.15, 0.2) is 0 Å². The zero-order valence-electron chi connectivity index (χ0n) is 12.6. The summed E-state index contributed by atoms with van der Waals surface area (Å²) in [7, 11) is 0. The summed E-state index contributed by atoms with van der Waals surface area (Å²) in [5, 5.41) is 1.87. The predicted molar refractivity (Wildman–Crippen MR) is 80.3 cm³/mol. The first-order chi connectivity index (χ1) is 10.6. The highest BCUT2D eigenvalue weighted by Crippen LogP contribution is 2.50. The van der Waals surface area contributed by atoms with Gasteiger partial charge in [0.2, 0.25) is 0 Å². The molecule has 1 amide bonds. The Bertz CT molecular complexity index is 538. The number of carbonyl (C=O) groups is 2. The van der Waals surface area contributed by atoms with E-state index in [0.29, 0.717) is 13.1 Å². The number of esters is 1. The molecule has 1 unspecified atom stereocenters. The van der Waals surface area contributed by atoms with E-state index in [4.69, 9.17) is 9.47 Å². The van der Waals surface area contributed by atoms with Crippen molar-refractivity contribution in [3.05, 3.63) is 16.6 Å². The van der Waals surface area contributed by atoms with Crippen LogP contribution in [0.25, 0.3) is 0 Å². The summed E-state index contributed by atoms with van der Waals surface area (Å²) in [6, 6.07) is 0. The minimum absolute atomic E-state index is 0.0261. The van der Waals surface area contributed by atoms with E-state index in [1.165, 1.54) is 18.3 Å². The lowest BCUT2D eigenvalue weighted by Crippen LogP contribution is -2.54. The largest absolute Gasteiger partial charge is 0.462 e. The van der Waals surface area contributed by atoms with Crippen LogP contribution < -0.4 is 0 Å². The van der Waals surface area contributed by atoms with Gasteiger partial charge in [-0.15, -0.1) is 11.3 Å². The Labute approximate surface area is 133 Å². The number of carbonyl (C=O) groups excluding carboxylic acids is 2. The van der Waals surface area contributed by atoms with Gasteiger partial charge in [-0.2, -0.15) is 0 Å². The number of nitrogens with zero attached hydrogens (tertiary/aromatic N) is 2. The highest BCUT2D eigenvalue weighted by molar-refractivity contribution is 7.07. The van der Waals surface area contributed by atoms with Gasteiger partial charge in [0.25, 0.3) is 0 Å². The van der Waals surface area contributed by atoms with Gasteiger partial charge in [0.05, 0.1) is 11.2 Å². The standard InChI is InChI=1S/C15H20N2O4S/c1-11(18)21-13-2-3-15(13)4-6-17(7-5-15)14(19)20-8-12-9-22-10-16-12/h9-10,13H,2-8H2,1H3. The van der Waals surface area contributed by atoms with E-state index in [9.17, 15) is 9.59 Å². The molecule has 1 aliphatic carbocycles. The lowest BCUT2D eigenvalue weighted by molar-refractivity contribution is -0.172. The van der Waals surface area contributed by atoms with Gasteiger partial charge in [-0.25, -0.2) is 9.78 Å². The van der Waals surface area contributed by atoms with Crippen LogP contribution in [0, 0.1) is 5.41 Å². The van der Waals surface area contributed by atoms with Crippen LogP contribution in [-0.4, -0.2) is 41.1 Å². The van der Waals surface area contributed by atoms with E-state index in [2.05, 4.69) is 4.98 Å². The van der Waals surface area contributed by atoms with Crippen molar-refractivity contribution in [3.8, 4) is 0 Å². The number of aromatic nitrogens is 1. The molecule has 1 atom stereocenters. The van der Waals surface area contributed by atoms with Gasteiger partial charge in [-0.3, -0.25) is 4.79 Å². The Morgan fingerprint density at radius 1 is 1.41 bits per heavy atom. The molecule has 7 heteroatoms. The molecule has 1 aromatic heterocycles. The van der Waals surface area contributed by atoms with Crippen LogP contribution in [0.1, 0.15) is 38.3 Å². The lowest BCUT2D eigenvalue weighted by Gasteiger charge is -2.52. The quantitative estimate of drug-likeness (QED) is 0.799. The number of likely N-dealkylation sites (tertiary alicyclic amines) is 1. The van der Waals surface area contributed by atoms with Crippen molar-refractivity contribution >= 4 is 23.4 Å². The third-order valence-electron chi connectivity index (χ3n) is 4.74. The van der Waals surface area contributed by atoms with Crippen LogP contribution in [0.2, 0.25) is 0 Å². The summed E-state index contributed by atoms with van der Waals surface area (Å²) >= 11 is 1.48. The van der Waals surface area contributed by atoms with E-state index in [-0.39, 0.29) is 30.2 Å². The number of rotatable bonds is 3. The summed E-state index contributed by atoms with van der Waals surface area (Å²) in [6.07, 6.45) is 3.50. The molecule has 1 spiro atoms. The van der Waals surface area contributed by atoms with Crippen LogP contribution in [0.5, 0.6) is 0 Å². The van der Waals surface area contributed by atoms with E-state index < -0.39 is 0 Å². The molecule has 0 bridgehead atoms. The Morgan fingerprint density at radius 2 is 2.18 bits per heavy atom. The van der Waals surface area contributed by atoms with Crippen molar-refractivity contribution < 1.29 is 19.1 Å². The smallest absolute Gasteiger partial charge is 0.410 e. The summed E-state index contributed by atoms with van der Waals surface area (Å²) in [5.41, 5.74) is 2.58. The summed E-state index contributed by atoms with van der Waals surface area (Å²) in [4.78, 5) is 29.0. The van der Waals surface area contributed by atoms with Crippen LogP contribution >= 0.6 is 11.3 Å². The molecule has 1 aromatic rings. The van der Waals surface area contributed by atoms with E-state index in [0.717, 1.165) is 31.4 Å². The molecule has 2 heterocycles. The molecule has 0 N–H and O–H groups in total. The first-order valence-electron chi connectivity index (χ1n) is 7.55. The Hall–Kier alpha value is -1.63. The molecule has 0 aromatic carbocycles. The summed E-state index contributed by atoms with van der Waals surface area (Å²) in [6.45, 7) is 3.00. The molecule has 22 heavy (non-hydrogen) atoms. The number of thiazole rings is 1. The number of piperidine rings is 1.